The summed E-state index contributed by atoms with van der Waals surface area (Å²) in [5.41, 5.74) is 8.14. The molecule has 0 aliphatic rings. The molecule has 0 atom stereocenters. The molecule has 0 saturated heterocycles. The molecule has 186 valence electrons. The van der Waals surface area contributed by atoms with Gasteiger partial charge in [-0.2, -0.15) is 0 Å². The molecule has 2 heterocycles. The van der Waals surface area contributed by atoms with E-state index in [9.17, 15) is 13.6 Å². The number of imidazole rings is 1. The zero-order valence-corrected chi connectivity index (χ0v) is 20.3. The number of aromatic nitrogens is 3. The molecule has 2 aromatic heterocycles. The van der Waals surface area contributed by atoms with Gasteiger partial charge >= 0.3 is 0 Å². The number of amidine groups is 1. The molecular formula is C26H21N5O5S. The van der Waals surface area contributed by atoms with Crippen LogP contribution >= 0.6 is 0 Å². The summed E-state index contributed by atoms with van der Waals surface area (Å²) in [6.07, 6.45) is 2.81. The molecule has 0 aliphatic heterocycles. The third kappa shape index (κ3) is 5.07. The van der Waals surface area contributed by atoms with Crippen LogP contribution < -0.4 is 15.2 Å². The maximum absolute atomic E-state index is 11.8. The molecule has 11 heteroatoms. The smallest absolute Gasteiger partial charge is 0.175 e. The quantitative estimate of drug-likeness (QED) is 0.122. The van der Waals surface area contributed by atoms with Gasteiger partial charge in [0.15, 0.2) is 33.0 Å². The van der Waals surface area contributed by atoms with Crippen molar-refractivity contribution in [2.75, 3.05) is 6.26 Å². The van der Waals surface area contributed by atoms with Gasteiger partial charge in [-0.1, -0.05) is 23.4 Å². The number of nitrogens with one attached hydrogen (secondary N) is 1. The molecule has 4 N–H and O–H groups in total. The number of rotatable bonds is 7. The largest absolute Gasteiger partial charge is 0.453 e. The van der Waals surface area contributed by atoms with Crippen molar-refractivity contribution in [3.63, 3.8) is 0 Å². The zero-order valence-electron chi connectivity index (χ0n) is 19.5. The van der Waals surface area contributed by atoms with E-state index < -0.39 is 9.84 Å². The van der Waals surface area contributed by atoms with Gasteiger partial charge in [-0.3, -0.25) is 4.98 Å². The van der Waals surface area contributed by atoms with Gasteiger partial charge < -0.3 is 25.4 Å². The lowest BCUT2D eigenvalue weighted by Crippen LogP contribution is -2.14. The highest BCUT2D eigenvalue weighted by molar-refractivity contribution is 7.90. The Morgan fingerprint density at radius 2 is 1.68 bits per heavy atom. The molecule has 10 nitrogen and oxygen atoms in total. The van der Waals surface area contributed by atoms with Crippen LogP contribution in [0.5, 0.6) is 23.0 Å². The second kappa shape index (κ2) is 9.63. The second-order valence-corrected chi connectivity index (χ2v) is 10.1. The molecule has 0 fully saturated rings. The third-order valence-electron chi connectivity index (χ3n) is 5.43. The first-order chi connectivity index (χ1) is 17.8. The molecule has 0 aliphatic carbocycles. The topological polar surface area (TPSA) is 153 Å². The number of pyridine rings is 1. The maximum atomic E-state index is 11.8. The molecule has 37 heavy (non-hydrogen) atoms. The Bertz CT molecular complexity index is 1720. The maximum Gasteiger partial charge on any atom is 0.175 e. The van der Waals surface area contributed by atoms with Crippen molar-refractivity contribution in [1.82, 2.24) is 15.0 Å². The van der Waals surface area contributed by atoms with Crippen molar-refractivity contribution in [3.8, 4) is 34.5 Å². The summed E-state index contributed by atoms with van der Waals surface area (Å²) < 4.78 is 35.9. The molecular weight excluding hydrogens is 494 g/mol. The highest BCUT2D eigenvalue weighted by atomic mass is 32.2. The monoisotopic (exact) mass is 515 g/mol. The number of H-pyrrole nitrogens is 1. The van der Waals surface area contributed by atoms with Gasteiger partial charge in [0.25, 0.3) is 0 Å². The van der Waals surface area contributed by atoms with Crippen molar-refractivity contribution in [2.24, 2.45) is 10.9 Å². The molecule has 5 aromatic rings. The molecule has 0 radical (unpaired) electrons. The summed E-state index contributed by atoms with van der Waals surface area (Å²) in [5, 5.41) is 12.3. The number of hydrogen-bond donors (Lipinski definition) is 3. The standard InChI is InChI=1S/C26H21N5O5S/c1-37(33,34)17-11-9-16(10-12-17)35-23-14-20-21(30-26(29-20)19-7-4-5-13-28-19)15-24(23)36-22-8-3-2-6-18(22)25(27)31-32/h2-15,32H,1H3,(H2,27,31)(H,29,30). The summed E-state index contributed by atoms with van der Waals surface area (Å²) in [4.78, 5) is 12.4. The summed E-state index contributed by atoms with van der Waals surface area (Å²) in [6, 6.07) is 21.8. The van der Waals surface area contributed by atoms with E-state index in [0.29, 0.717) is 51.1 Å². The van der Waals surface area contributed by atoms with E-state index in [0.717, 1.165) is 6.26 Å². The average molecular weight is 516 g/mol. The number of para-hydroxylation sites is 1. The first-order valence-electron chi connectivity index (χ1n) is 11.0. The van der Waals surface area contributed by atoms with Crippen molar-refractivity contribution in [3.05, 3.63) is 90.6 Å². The molecule has 0 spiro atoms. The third-order valence-corrected chi connectivity index (χ3v) is 6.55. The minimum Gasteiger partial charge on any atom is -0.453 e. The summed E-state index contributed by atoms with van der Waals surface area (Å²) in [6.45, 7) is 0. The number of nitrogens with zero attached hydrogens (tertiary/aromatic N) is 3. The van der Waals surface area contributed by atoms with Gasteiger partial charge in [0.2, 0.25) is 0 Å². The van der Waals surface area contributed by atoms with E-state index in [1.54, 1.807) is 54.7 Å². The van der Waals surface area contributed by atoms with Gasteiger partial charge in [0.1, 0.15) is 17.2 Å². The van der Waals surface area contributed by atoms with Crippen LogP contribution in [0.3, 0.4) is 0 Å². The van der Waals surface area contributed by atoms with Crippen LogP contribution in [-0.4, -0.2) is 40.7 Å². The Morgan fingerprint density at radius 1 is 0.946 bits per heavy atom. The van der Waals surface area contributed by atoms with Crippen LogP contribution in [0, 0.1) is 0 Å². The normalized spacial score (nSPS) is 12.0. The number of ether oxygens (including phenoxy) is 2. The van der Waals surface area contributed by atoms with Crippen LogP contribution in [-0.2, 0) is 9.84 Å². The Labute approximate surface area is 211 Å². The van der Waals surface area contributed by atoms with Gasteiger partial charge in [-0.25, -0.2) is 13.4 Å². The predicted molar refractivity (Wildman–Crippen MR) is 138 cm³/mol. The molecule has 0 unspecified atom stereocenters. The minimum absolute atomic E-state index is 0.118. The number of benzene rings is 3. The van der Waals surface area contributed by atoms with Crippen molar-refractivity contribution < 1.29 is 23.1 Å². The van der Waals surface area contributed by atoms with Crippen LogP contribution in [0.25, 0.3) is 22.6 Å². The summed E-state index contributed by atoms with van der Waals surface area (Å²) >= 11 is 0. The van der Waals surface area contributed by atoms with Crippen LogP contribution in [0.15, 0.2) is 95.1 Å². The molecule has 3 aromatic carbocycles. The van der Waals surface area contributed by atoms with E-state index in [4.69, 9.17) is 15.2 Å². The molecule has 5 rings (SSSR count). The first-order valence-corrected chi connectivity index (χ1v) is 12.9. The predicted octanol–water partition coefficient (Wildman–Crippen LogP) is 4.71. The first kappa shape index (κ1) is 23.8. The van der Waals surface area contributed by atoms with E-state index in [-0.39, 0.29) is 10.7 Å². The van der Waals surface area contributed by atoms with E-state index in [1.807, 2.05) is 18.2 Å². The van der Waals surface area contributed by atoms with Gasteiger partial charge in [0, 0.05) is 24.6 Å². The fourth-order valence-corrected chi connectivity index (χ4v) is 4.25. The lowest BCUT2D eigenvalue weighted by molar-refractivity contribution is 0.318. The highest BCUT2D eigenvalue weighted by Gasteiger charge is 2.17. The Balaban J connectivity index is 1.60. The van der Waals surface area contributed by atoms with E-state index in [1.165, 1.54) is 12.1 Å². The number of sulfone groups is 1. The summed E-state index contributed by atoms with van der Waals surface area (Å²) in [5.74, 6) is 1.80. The molecule has 0 bridgehead atoms. The minimum atomic E-state index is -3.35. The zero-order chi connectivity index (χ0) is 26.0. The Morgan fingerprint density at radius 3 is 2.38 bits per heavy atom. The molecule has 0 saturated carbocycles. The van der Waals surface area contributed by atoms with Gasteiger partial charge in [0.05, 0.1) is 21.5 Å². The van der Waals surface area contributed by atoms with Crippen molar-refractivity contribution in [1.29, 1.82) is 0 Å². The fraction of sp³-hybridized carbons (Fsp3) is 0.0385. The Hall–Kier alpha value is -4.90. The highest BCUT2D eigenvalue weighted by Crippen LogP contribution is 2.39. The van der Waals surface area contributed by atoms with Crippen molar-refractivity contribution >= 4 is 26.7 Å². The average Bonchev–Trinajstić information content (AvgIpc) is 3.32. The van der Waals surface area contributed by atoms with E-state index >= 15 is 0 Å². The number of fused-ring (bicyclic) bond motifs is 1. The number of nitrogens with two attached hydrogens (primary N) is 1. The van der Waals surface area contributed by atoms with Crippen LogP contribution in [0.2, 0.25) is 0 Å². The van der Waals surface area contributed by atoms with Gasteiger partial charge in [-0.05, 0) is 48.5 Å². The Kier molecular flexibility index (Phi) is 6.20. The van der Waals surface area contributed by atoms with Gasteiger partial charge in [-0.15, -0.1) is 0 Å². The lowest BCUT2D eigenvalue weighted by Gasteiger charge is -2.14. The van der Waals surface area contributed by atoms with E-state index in [2.05, 4.69) is 20.1 Å². The fourth-order valence-electron chi connectivity index (χ4n) is 3.62. The molecule has 0 amide bonds. The summed E-state index contributed by atoms with van der Waals surface area (Å²) in [7, 11) is -3.35. The second-order valence-electron chi connectivity index (χ2n) is 8.05. The van der Waals surface area contributed by atoms with Crippen molar-refractivity contribution in [2.45, 2.75) is 4.90 Å². The van der Waals surface area contributed by atoms with Crippen LogP contribution in [0.1, 0.15) is 5.56 Å². The number of hydrogen-bond acceptors (Lipinski definition) is 8. The van der Waals surface area contributed by atoms with Crippen LogP contribution in [0.4, 0.5) is 0 Å². The number of aromatic amines is 1. The number of oxime groups is 1. The SMILES string of the molecule is CS(=O)(=O)c1ccc(Oc2cc3[nH]c(-c4ccccn4)nc3cc2Oc2ccccc2/C(N)=N/O)cc1. The lowest BCUT2D eigenvalue weighted by atomic mass is 10.2.